The van der Waals surface area contributed by atoms with Crippen molar-refractivity contribution in [2.75, 3.05) is 9.80 Å². The molecule has 3 aromatic heterocycles. The molecule has 3 aliphatic rings. The average molecular weight is 1020 g/mol. The van der Waals surface area contributed by atoms with Crippen LogP contribution in [-0.4, -0.2) is 15.2 Å². The fourth-order valence-electron chi connectivity index (χ4n) is 13.2. The van der Waals surface area contributed by atoms with E-state index in [1.54, 1.807) is 0 Å². The van der Waals surface area contributed by atoms with Gasteiger partial charge in [0, 0.05) is 67.5 Å². The molecule has 1 atom stereocenters. The lowest BCUT2D eigenvalue weighted by molar-refractivity contribution is 0.661. The van der Waals surface area contributed by atoms with Gasteiger partial charge >= 0.3 is 0 Å². The fraction of sp³-hybridized carbons (Fsp3) is 0.0833. The Kier molecular flexibility index (Phi) is 10.4. The third-order valence-corrected chi connectivity index (χ3v) is 16.7. The highest BCUT2D eigenvalue weighted by Crippen LogP contribution is 2.52. The monoisotopic (exact) mass is 1010 g/mol. The molecule has 0 fully saturated rings. The fourth-order valence-corrected chi connectivity index (χ4v) is 13.2. The zero-order valence-corrected chi connectivity index (χ0v) is 43.6. The maximum Gasteiger partial charge on any atom is 0.145 e. The molecule has 9 aromatic carbocycles. The second-order valence-corrected chi connectivity index (χ2v) is 21.4. The van der Waals surface area contributed by atoms with Gasteiger partial charge in [0.25, 0.3) is 0 Å². The number of benzene rings is 9. The second-order valence-electron chi connectivity index (χ2n) is 21.4. The molecule has 79 heavy (non-hydrogen) atoms. The molecule has 0 saturated heterocycles. The largest absolute Gasteiger partial charge is 0.455 e. The van der Waals surface area contributed by atoms with E-state index in [0.29, 0.717) is 22.5 Å². The van der Waals surface area contributed by atoms with E-state index in [0.717, 1.165) is 95.9 Å². The van der Waals surface area contributed by atoms with Gasteiger partial charge in [0.15, 0.2) is 0 Å². The number of nitriles is 2. The quantitative estimate of drug-likeness (QED) is 0.152. The number of allylic oxidation sites excluding steroid dienone is 5. The predicted octanol–water partition coefficient (Wildman–Crippen LogP) is 18.0. The minimum absolute atomic E-state index is 0.00827. The van der Waals surface area contributed by atoms with Crippen molar-refractivity contribution in [3.8, 4) is 34.6 Å². The molecule has 0 bridgehead atoms. The Hall–Kier alpha value is -10.3. The molecule has 7 nitrogen and oxygen atoms in total. The van der Waals surface area contributed by atoms with E-state index in [1.165, 1.54) is 33.5 Å². The van der Waals surface area contributed by atoms with Gasteiger partial charge in [-0.05, 0) is 143 Å². The van der Waals surface area contributed by atoms with Crippen LogP contribution < -0.4 is 9.80 Å². The maximum absolute atomic E-state index is 11.6. The summed E-state index contributed by atoms with van der Waals surface area (Å²) in [7, 11) is 0. The van der Waals surface area contributed by atoms with Crippen molar-refractivity contribution in [1.82, 2.24) is 9.13 Å². The van der Waals surface area contributed by atoms with Crippen LogP contribution in [0.15, 0.2) is 241 Å². The summed E-state index contributed by atoms with van der Waals surface area (Å²) in [6, 6.07) is 73.2. The number of fused-ring (bicyclic) bond motifs is 13. The first-order valence-corrected chi connectivity index (χ1v) is 27.0. The Morgan fingerprint density at radius 3 is 1.96 bits per heavy atom. The first-order valence-electron chi connectivity index (χ1n) is 27.0. The summed E-state index contributed by atoms with van der Waals surface area (Å²) in [6.07, 6.45) is 16.9. The predicted molar refractivity (Wildman–Crippen MR) is 323 cm³/mol. The summed E-state index contributed by atoms with van der Waals surface area (Å²) in [5, 5.41) is 28.2. The zero-order valence-electron chi connectivity index (χ0n) is 43.6. The third kappa shape index (κ3) is 7.03. The van der Waals surface area contributed by atoms with Crippen LogP contribution in [0, 0.1) is 22.7 Å². The first kappa shape index (κ1) is 46.0. The average Bonchev–Trinajstić information content (AvgIpc) is 3.96. The number of hydrogen-bond acceptors (Lipinski definition) is 5. The van der Waals surface area contributed by atoms with Crippen LogP contribution in [-0.2, 0) is 11.8 Å². The number of nitrogens with zero attached hydrogens (tertiary/aromatic N) is 6. The number of para-hydroxylation sites is 4. The Bertz CT molecular complexity index is 4680. The van der Waals surface area contributed by atoms with Crippen LogP contribution in [0.25, 0.3) is 83.2 Å². The number of rotatable bonds is 8. The number of aromatic nitrogens is 2. The molecule has 0 saturated carbocycles. The van der Waals surface area contributed by atoms with Crippen molar-refractivity contribution in [1.29, 1.82) is 10.5 Å². The van der Waals surface area contributed by atoms with E-state index in [9.17, 15) is 10.5 Å². The first-order chi connectivity index (χ1) is 38.9. The molecule has 0 spiro atoms. The summed E-state index contributed by atoms with van der Waals surface area (Å²) < 4.78 is 11.3. The Balaban J connectivity index is 0.964. The van der Waals surface area contributed by atoms with Gasteiger partial charge in [0.2, 0.25) is 0 Å². The highest BCUT2D eigenvalue weighted by atomic mass is 16.3. The van der Waals surface area contributed by atoms with Gasteiger partial charge < -0.3 is 23.4 Å². The van der Waals surface area contributed by atoms with Crippen molar-refractivity contribution >= 4 is 83.5 Å². The molecule has 0 aliphatic heterocycles. The van der Waals surface area contributed by atoms with Gasteiger partial charge in [-0.1, -0.05) is 141 Å². The van der Waals surface area contributed by atoms with Crippen LogP contribution in [0.1, 0.15) is 53.8 Å². The molecule has 1 unspecified atom stereocenters. The molecule has 15 rings (SSSR count). The summed E-state index contributed by atoms with van der Waals surface area (Å²) in [4.78, 5) is 4.74. The number of anilines is 4. The highest BCUT2D eigenvalue weighted by Gasteiger charge is 2.38. The molecule has 0 amide bonds. The Morgan fingerprint density at radius 2 is 1.22 bits per heavy atom. The van der Waals surface area contributed by atoms with E-state index >= 15 is 0 Å². The lowest BCUT2D eigenvalue weighted by atomic mass is 9.82. The van der Waals surface area contributed by atoms with Crippen molar-refractivity contribution in [2.24, 2.45) is 0 Å². The minimum Gasteiger partial charge on any atom is -0.455 e. The van der Waals surface area contributed by atoms with Gasteiger partial charge in [0.05, 0.1) is 50.5 Å². The van der Waals surface area contributed by atoms with Crippen LogP contribution in [0.5, 0.6) is 0 Å². The summed E-state index contributed by atoms with van der Waals surface area (Å²) in [6.45, 7) is 4.62. The second kappa shape index (κ2) is 17.9. The van der Waals surface area contributed by atoms with Crippen LogP contribution in [0.4, 0.5) is 22.7 Å². The van der Waals surface area contributed by atoms with Crippen molar-refractivity contribution in [2.45, 2.75) is 38.1 Å². The van der Waals surface area contributed by atoms with Gasteiger partial charge in [-0.3, -0.25) is 0 Å². The van der Waals surface area contributed by atoms with Crippen molar-refractivity contribution in [3.05, 3.63) is 270 Å². The smallest absolute Gasteiger partial charge is 0.145 e. The molecule has 7 heteroatoms. The van der Waals surface area contributed by atoms with Gasteiger partial charge in [-0.15, -0.1) is 0 Å². The third-order valence-electron chi connectivity index (χ3n) is 16.7. The SMILES string of the molecule is CC1(C)c2ccccc2-c2cc3c4c(n(-c5cc(C#N)c(-n6c7ccc(N(c8ccccc8)c8ccccc8)cc7c7c8oc9ccccc9c8ccc76)cc5C#N)c3cc21)C=CC(N(C1=CC=CC=CC1)c1ccccc1)C4. The molecule has 374 valence electrons. The summed E-state index contributed by atoms with van der Waals surface area (Å²) >= 11 is 0. The normalized spacial score (nSPS) is 15.0. The molecule has 3 heterocycles. The van der Waals surface area contributed by atoms with E-state index in [2.05, 4.69) is 239 Å². The van der Waals surface area contributed by atoms with E-state index in [4.69, 9.17) is 4.42 Å². The maximum atomic E-state index is 11.6. The lowest BCUT2D eigenvalue weighted by Gasteiger charge is -2.35. The number of furan rings is 1. The summed E-state index contributed by atoms with van der Waals surface area (Å²) in [5.41, 5.74) is 18.8. The van der Waals surface area contributed by atoms with E-state index in [-0.39, 0.29) is 11.5 Å². The van der Waals surface area contributed by atoms with Crippen LogP contribution in [0.3, 0.4) is 0 Å². The van der Waals surface area contributed by atoms with Crippen LogP contribution >= 0.6 is 0 Å². The minimum atomic E-state index is -0.272. The standard InChI is InChI=1S/C72H50N6O/c1-72(2)61-30-18-16-28-54(61)57-42-59-58-40-52(75(49-22-10-5-11-23-49)48-20-8-3-4-9-21-48)32-35-63(58)78(68(59)43-62(57)72)67-39-46(44-73)66(38-47(67)45-74)77-64-36-33-53(76(50-24-12-6-13-25-50)51-26-14-7-15-27-51)41-60(64)70-65(77)37-34-56-55-29-17-19-31-69(55)79-71(56)70/h3-20,22-39,41-43,52H,21,40H2,1-2H3. The summed E-state index contributed by atoms with van der Waals surface area (Å²) in [5.74, 6) is 0. The van der Waals surface area contributed by atoms with Gasteiger partial charge in [-0.25, -0.2) is 0 Å². The van der Waals surface area contributed by atoms with E-state index < -0.39 is 0 Å². The zero-order chi connectivity index (χ0) is 52.9. The van der Waals surface area contributed by atoms with Crippen molar-refractivity contribution < 1.29 is 4.42 Å². The van der Waals surface area contributed by atoms with Crippen molar-refractivity contribution in [3.63, 3.8) is 0 Å². The lowest BCUT2D eigenvalue weighted by Crippen LogP contribution is -2.36. The highest BCUT2D eigenvalue weighted by molar-refractivity contribution is 6.24. The molecule has 0 N–H and O–H groups in total. The topological polar surface area (TPSA) is 77.1 Å². The van der Waals surface area contributed by atoms with Gasteiger partial charge in [-0.2, -0.15) is 10.5 Å². The molecular formula is C72H50N6O. The van der Waals surface area contributed by atoms with Crippen LogP contribution in [0.2, 0.25) is 0 Å². The molecule has 12 aromatic rings. The van der Waals surface area contributed by atoms with Gasteiger partial charge in [0.1, 0.15) is 23.3 Å². The number of hydrogen-bond donors (Lipinski definition) is 0. The Morgan fingerprint density at radius 1 is 0.544 bits per heavy atom. The molecular weight excluding hydrogens is 965 g/mol. The Labute approximate surface area is 457 Å². The van der Waals surface area contributed by atoms with E-state index in [1.807, 2.05) is 42.5 Å². The molecule has 0 radical (unpaired) electrons. The molecule has 3 aliphatic carbocycles.